The van der Waals surface area contributed by atoms with Crippen LogP contribution >= 0.6 is 0 Å². The maximum Gasteiger partial charge on any atom is 0.169 e. The Morgan fingerprint density at radius 3 is 2.38 bits per heavy atom. The quantitative estimate of drug-likeness (QED) is 0.467. The first-order chi connectivity index (χ1) is 11.6. The number of Topliss-reactive ketones (excluding diaryl/α,β-unsaturated/α-hetero) is 1. The monoisotopic (exact) mass is 334 g/mol. The first-order valence-electron chi connectivity index (χ1n) is 9.28. The van der Waals surface area contributed by atoms with Gasteiger partial charge in [-0.05, 0) is 25.3 Å². The molecule has 0 fully saturated rings. The minimum Gasteiger partial charge on any atom is -0.373 e. The summed E-state index contributed by atoms with van der Waals surface area (Å²) in [6.45, 7) is 6.98. The van der Waals surface area contributed by atoms with E-state index in [0.717, 1.165) is 31.2 Å². The molecule has 0 saturated carbocycles. The molecule has 0 heterocycles. The van der Waals surface area contributed by atoms with E-state index >= 15 is 0 Å². The molecule has 0 radical (unpaired) electrons. The average molecular weight is 334 g/mol. The highest BCUT2D eigenvalue weighted by molar-refractivity contribution is 5.89. The van der Waals surface area contributed by atoms with Crippen molar-refractivity contribution in [2.45, 2.75) is 71.5 Å². The van der Waals surface area contributed by atoms with Crippen molar-refractivity contribution in [1.29, 1.82) is 0 Å². The fourth-order valence-corrected chi connectivity index (χ4v) is 3.00. The van der Waals surface area contributed by atoms with E-state index in [9.17, 15) is 4.79 Å². The third-order valence-electron chi connectivity index (χ3n) is 4.62. The Kier molecular flexibility index (Phi) is 9.89. The number of rotatable bonds is 13. The van der Waals surface area contributed by atoms with E-state index in [1.54, 1.807) is 7.11 Å². The minimum absolute atomic E-state index is 0.0758. The van der Waals surface area contributed by atoms with E-state index in [4.69, 9.17) is 9.47 Å². The highest BCUT2D eigenvalue weighted by Gasteiger charge is 2.37. The fraction of sp³-hybridized carbons (Fsp3) is 0.667. The van der Waals surface area contributed by atoms with E-state index in [0.29, 0.717) is 13.2 Å². The van der Waals surface area contributed by atoms with Gasteiger partial charge in [0.1, 0.15) is 5.60 Å². The zero-order valence-electron chi connectivity index (χ0n) is 15.8. The number of ether oxygens (including phenoxy) is 2. The van der Waals surface area contributed by atoms with Crippen molar-refractivity contribution in [3.8, 4) is 0 Å². The third kappa shape index (κ3) is 6.74. The van der Waals surface area contributed by atoms with Gasteiger partial charge in [0, 0.05) is 13.0 Å². The Bertz CT molecular complexity index is 457. The molecule has 0 aromatic heterocycles. The summed E-state index contributed by atoms with van der Waals surface area (Å²) in [4.78, 5) is 13.0. The van der Waals surface area contributed by atoms with Crippen LogP contribution in [-0.2, 0) is 20.9 Å². The molecule has 0 N–H and O–H groups in total. The Balaban J connectivity index is 2.62. The summed E-state index contributed by atoms with van der Waals surface area (Å²) >= 11 is 0. The Morgan fingerprint density at radius 1 is 1.08 bits per heavy atom. The Hall–Kier alpha value is -1.19. The van der Waals surface area contributed by atoms with Gasteiger partial charge in [0.2, 0.25) is 0 Å². The zero-order chi connectivity index (χ0) is 17.8. The molecule has 0 bridgehead atoms. The van der Waals surface area contributed by atoms with E-state index in [-0.39, 0.29) is 11.7 Å². The van der Waals surface area contributed by atoms with Crippen LogP contribution in [0.2, 0.25) is 0 Å². The molecule has 1 aromatic rings. The number of ketones is 1. The molecular formula is C21H34O3. The van der Waals surface area contributed by atoms with Crippen LogP contribution in [0.3, 0.4) is 0 Å². The van der Waals surface area contributed by atoms with E-state index < -0.39 is 5.60 Å². The van der Waals surface area contributed by atoms with Crippen molar-refractivity contribution in [2.24, 2.45) is 5.92 Å². The lowest BCUT2D eigenvalue weighted by atomic mass is 9.84. The number of unbranched alkanes of at least 4 members (excludes halogenated alkanes) is 2. The molecule has 0 aliphatic carbocycles. The number of hydrogen-bond donors (Lipinski definition) is 0. The standard InChI is InChI=1S/C21H34O3/c1-5-7-9-15-19(12-6-2)20(22)21(3,23-4)17-24-16-18-13-10-8-11-14-18/h8,10-11,13-14,19H,5-7,9,12,15-17H2,1-4H3. The molecule has 1 rings (SSSR count). The van der Waals surface area contributed by atoms with Crippen molar-refractivity contribution in [1.82, 2.24) is 0 Å². The number of hydrogen-bond acceptors (Lipinski definition) is 3. The molecule has 2 unspecified atom stereocenters. The van der Waals surface area contributed by atoms with Crippen LogP contribution in [0.4, 0.5) is 0 Å². The Labute approximate surface area is 147 Å². The Morgan fingerprint density at radius 2 is 1.79 bits per heavy atom. The molecule has 0 aliphatic rings. The van der Waals surface area contributed by atoms with Gasteiger partial charge < -0.3 is 9.47 Å². The van der Waals surface area contributed by atoms with Crippen LogP contribution in [0.15, 0.2) is 30.3 Å². The van der Waals surface area contributed by atoms with Gasteiger partial charge in [-0.3, -0.25) is 4.79 Å². The second-order valence-electron chi connectivity index (χ2n) is 6.76. The summed E-state index contributed by atoms with van der Waals surface area (Å²) in [6.07, 6.45) is 6.37. The van der Waals surface area contributed by atoms with Gasteiger partial charge in [-0.25, -0.2) is 0 Å². The van der Waals surface area contributed by atoms with Crippen molar-refractivity contribution < 1.29 is 14.3 Å². The van der Waals surface area contributed by atoms with Crippen LogP contribution in [0.5, 0.6) is 0 Å². The second kappa shape index (κ2) is 11.4. The van der Waals surface area contributed by atoms with Crippen molar-refractivity contribution in [2.75, 3.05) is 13.7 Å². The molecule has 0 saturated heterocycles. The summed E-state index contributed by atoms with van der Waals surface area (Å²) < 4.78 is 11.4. The SMILES string of the molecule is CCCCCC(CCC)C(=O)C(C)(COCc1ccccc1)OC. The van der Waals surface area contributed by atoms with Crippen molar-refractivity contribution >= 4 is 5.78 Å². The maximum atomic E-state index is 13.0. The minimum atomic E-state index is -0.860. The second-order valence-corrected chi connectivity index (χ2v) is 6.76. The molecule has 0 spiro atoms. The summed E-state index contributed by atoms with van der Waals surface area (Å²) in [7, 11) is 1.61. The summed E-state index contributed by atoms with van der Waals surface area (Å²) in [5.74, 6) is 0.267. The molecule has 2 atom stereocenters. The van der Waals surface area contributed by atoms with Crippen molar-refractivity contribution in [3.05, 3.63) is 35.9 Å². The largest absolute Gasteiger partial charge is 0.373 e. The first kappa shape index (κ1) is 20.9. The van der Waals surface area contributed by atoms with E-state index in [1.165, 1.54) is 12.8 Å². The van der Waals surface area contributed by atoms with Gasteiger partial charge in [0.05, 0.1) is 13.2 Å². The number of benzene rings is 1. The molecule has 0 amide bonds. The van der Waals surface area contributed by atoms with Gasteiger partial charge in [-0.1, -0.05) is 69.9 Å². The van der Waals surface area contributed by atoms with Gasteiger partial charge in [0.25, 0.3) is 0 Å². The zero-order valence-corrected chi connectivity index (χ0v) is 15.8. The van der Waals surface area contributed by atoms with Crippen LogP contribution in [0.1, 0.15) is 64.9 Å². The van der Waals surface area contributed by atoms with Gasteiger partial charge in [0.15, 0.2) is 5.78 Å². The molecular weight excluding hydrogens is 300 g/mol. The van der Waals surface area contributed by atoms with Crippen LogP contribution in [-0.4, -0.2) is 25.1 Å². The van der Waals surface area contributed by atoms with E-state index in [1.807, 2.05) is 37.3 Å². The molecule has 136 valence electrons. The first-order valence-corrected chi connectivity index (χ1v) is 9.28. The summed E-state index contributed by atoms with van der Waals surface area (Å²) in [6, 6.07) is 10.0. The predicted octanol–water partition coefficient (Wildman–Crippen LogP) is 5.17. The maximum absolute atomic E-state index is 13.0. The summed E-state index contributed by atoms with van der Waals surface area (Å²) in [5, 5.41) is 0. The highest BCUT2D eigenvalue weighted by atomic mass is 16.5. The predicted molar refractivity (Wildman–Crippen MR) is 99.1 cm³/mol. The van der Waals surface area contributed by atoms with Crippen LogP contribution in [0, 0.1) is 5.92 Å². The van der Waals surface area contributed by atoms with Crippen LogP contribution < -0.4 is 0 Å². The average Bonchev–Trinajstić information content (AvgIpc) is 2.61. The summed E-state index contributed by atoms with van der Waals surface area (Å²) in [5.41, 5.74) is 0.248. The van der Waals surface area contributed by atoms with Gasteiger partial charge in [-0.15, -0.1) is 0 Å². The molecule has 1 aromatic carbocycles. The lowest BCUT2D eigenvalue weighted by Gasteiger charge is -2.30. The fourth-order valence-electron chi connectivity index (χ4n) is 3.00. The third-order valence-corrected chi connectivity index (χ3v) is 4.62. The number of carbonyl (C=O) groups is 1. The molecule has 3 nitrogen and oxygen atoms in total. The van der Waals surface area contributed by atoms with Gasteiger partial charge in [-0.2, -0.15) is 0 Å². The topological polar surface area (TPSA) is 35.5 Å². The van der Waals surface area contributed by atoms with E-state index in [2.05, 4.69) is 13.8 Å². The number of methoxy groups -OCH3 is 1. The van der Waals surface area contributed by atoms with Gasteiger partial charge >= 0.3 is 0 Å². The highest BCUT2D eigenvalue weighted by Crippen LogP contribution is 2.25. The molecule has 0 aliphatic heterocycles. The lowest BCUT2D eigenvalue weighted by Crippen LogP contribution is -2.45. The molecule has 3 heteroatoms. The molecule has 24 heavy (non-hydrogen) atoms. The van der Waals surface area contributed by atoms with Crippen LogP contribution in [0.25, 0.3) is 0 Å². The smallest absolute Gasteiger partial charge is 0.169 e. The van der Waals surface area contributed by atoms with Crippen molar-refractivity contribution in [3.63, 3.8) is 0 Å². The normalized spacial score (nSPS) is 15.0. The lowest BCUT2D eigenvalue weighted by molar-refractivity contribution is -0.152. The number of carbonyl (C=O) groups excluding carboxylic acids is 1.